The molecule has 0 spiro atoms. The number of alkyl halides is 3. The van der Waals surface area contributed by atoms with E-state index in [1.807, 2.05) is 13.0 Å². The Morgan fingerprint density at radius 2 is 1.69 bits per heavy atom. The van der Waals surface area contributed by atoms with E-state index in [0.29, 0.717) is 62.4 Å². The predicted molar refractivity (Wildman–Crippen MR) is 136 cm³/mol. The maximum Gasteiger partial charge on any atom is 0.471 e. The molecular weight excluding hydrogens is 520 g/mol. The number of fused-ring (bicyclic) bond motifs is 1. The number of carbonyl (C=O) groups excluding carboxylic acids is 1. The summed E-state index contributed by atoms with van der Waals surface area (Å²) in [7, 11) is 0. The fourth-order valence-corrected chi connectivity index (χ4v) is 4.70. The number of rotatable bonds is 5. The number of hydrogen-bond donors (Lipinski definition) is 1. The van der Waals surface area contributed by atoms with Crippen molar-refractivity contribution in [3.63, 3.8) is 0 Å². The van der Waals surface area contributed by atoms with E-state index in [9.17, 15) is 22.4 Å². The number of pyridine rings is 1. The fraction of sp³-hybridized carbons (Fsp3) is 0.462. The summed E-state index contributed by atoms with van der Waals surface area (Å²) in [5.74, 6) is -1.62. The highest BCUT2D eigenvalue weighted by Crippen LogP contribution is 2.31. The summed E-state index contributed by atoms with van der Waals surface area (Å²) in [6.07, 6.45) is -5.06. The average molecular weight is 549 g/mol. The molecule has 1 N–H and O–H groups in total. The Morgan fingerprint density at radius 3 is 2.36 bits per heavy atom. The first kappa shape index (κ1) is 27.0. The molecule has 2 aliphatic rings. The number of anilines is 2. The van der Waals surface area contributed by atoms with Gasteiger partial charge in [-0.2, -0.15) is 23.1 Å². The van der Waals surface area contributed by atoms with Crippen molar-refractivity contribution in [2.45, 2.75) is 38.7 Å². The third-order valence-corrected chi connectivity index (χ3v) is 6.83. The van der Waals surface area contributed by atoms with Crippen LogP contribution < -0.4 is 15.1 Å². The van der Waals surface area contributed by atoms with Gasteiger partial charge < -0.3 is 24.6 Å². The van der Waals surface area contributed by atoms with Gasteiger partial charge in [0.05, 0.1) is 49.6 Å². The van der Waals surface area contributed by atoms with Crippen LogP contribution in [0.1, 0.15) is 19.4 Å². The molecule has 9 nitrogen and oxygen atoms in total. The summed E-state index contributed by atoms with van der Waals surface area (Å²) < 4.78 is 63.3. The second-order valence-electron chi connectivity index (χ2n) is 9.64. The molecule has 4 heterocycles. The number of hydrogen-bond acceptors (Lipinski definition) is 8. The highest BCUT2D eigenvalue weighted by molar-refractivity contribution is 5.90. The number of halogens is 4. The maximum atomic E-state index is 14.4. The molecule has 0 radical (unpaired) electrons. The van der Waals surface area contributed by atoms with Crippen LogP contribution in [0.3, 0.4) is 0 Å². The summed E-state index contributed by atoms with van der Waals surface area (Å²) in [5, 5.41) is 2.44. The van der Waals surface area contributed by atoms with E-state index < -0.39 is 24.4 Å². The van der Waals surface area contributed by atoms with E-state index >= 15 is 0 Å². The summed E-state index contributed by atoms with van der Waals surface area (Å²) in [6, 6.07) is 7.71. The van der Waals surface area contributed by atoms with Gasteiger partial charge in [0.15, 0.2) is 5.65 Å². The molecule has 5 rings (SSSR count). The summed E-state index contributed by atoms with van der Waals surface area (Å²) in [5.41, 5.74) is 1.25. The summed E-state index contributed by atoms with van der Waals surface area (Å²) in [6.45, 7) is 6.96. The molecule has 0 unspecified atom stereocenters. The van der Waals surface area contributed by atoms with Crippen LogP contribution in [0, 0.1) is 5.82 Å². The van der Waals surface area contributed by atoms with Crippen LogP contribution in [0.25, 0.3) is 22.3 Å². The van der Waals surface area contributed by atoms with Gasteiger partial charge in [0.25, 0.3) is 0 Å². The lowest BCUT2D eigenvalue weighted by Gasteiger charge is -2.37. The number of benzene rings is 1. The maximum absolute atomic E-state index is 14.4. The Hall–Kier alpha value is -3.58. The minimum Gasteiger partial charge on any atom is -0.377 e. The Morgan fingerprint density at radius 1 is 1.00 bits per heavy atom. The van der Waals surface area contributed by atoms with Gasteiger partial charge in [-0.3, -0.25) is 4.79 Å². The molecule has 1 amide bonds. The van der Waals surface area contributed by atoms with Crippen molar-refractivity contribution in [1.82, 2.24) is 20.3 Å². The van der Waals surface area contributed by atoms with Crippen molar-refractivity contribution < 1.29 is 31.8 Å². The van der Waals surface area contributed by atoms with Crippen LogP contribution in [0.5, 0.6) is 0 Å². The van der Waals surface area contributed by atoms with Crippen LogP contribution >= 0.6 is 0 Å². The first-order chi connectivity index (χ1) is 18.6. The molecule has 208 valence electrons. The summed E-state index contributed by atoms with van der Waals surface area (Å²) >= 11 is 0. The second-order valence-corrected chi connectivity index (χ2v) is 9.64. The SMILES string of the molecule is C[C@H]1COCCN1c1nc(N2CCOC[C@@H]2C)c2ccc(-c3ccc(F)c(CNC(=O)C(F)(F)F)c3)nc2n1. The predicted octanol–water partition coefficient (Wildman–Crippen LogP) is 3.46. The first-order valence-corrected chi connectivity index (χ1v) is 12.6. The standard InChI is InChI=1S/C26H28F4N6O3/c1-15-13-38-9-7-35(15)23-19-4-6-21(32-22(19)33-25(34-23)36-8-10-39-14-16(36)2)17-3-5-20(27)18(11-17)12-31-24(37)26(28,29)30/h3-6,11,15-16H,7-10,12-14H2,1-2H3,(H,31,37)/t15-,16-/m0/s1. The molecule has 0 bridgehead atoms. The van der Waals surface area contributed by atoms with Gasteiger partial charge in [0.2, 0.25) is 5.95 Å². The van der Waals surface area contributed by atoms with Crippen molar-refractivity contribution in [2.75, 3.05) is 49.3 Å². The van der Waals surface area contributed by atoms with Gasteiger partial charge in [-0.1, -0.05) is 0 Å². The van der Waals surface area contributed by atoms with E-state index in [4.69, 9.17) is 24.4 Å². The number of aromatic nitrogens is 3. The van der Waals surface area contributed by atoms with Crippen molar-refractivity contribution >= 4 is 28.7 Å². The van der Waals surface area contributed by atoms with Crippen molar-refractivity contribution in [2.24, 2.45) is 0 Å². The Balaban J connectivity index is 1.54. The van der Waals surface area contributed by atoms with E-state index in [0.717, 1.165) is 17.3 Å². The van der Waals surface area contributed by atoms with Crippen molar-refractivity contribution in [1.29, 1.82) is 0 Å². The molecular formula is C26H28F4N6O3. The first-order valence-electron chi connectivity index (χ1n) is 12.6. The molecule has 13 heteroatoms. The van der Waals surface area contributed by atoms with Crippen LogP contribution in [0.2, 0.25) is 0 Å². The molecule has 2 atom stereocenters. The minimum atomic E-state index is -5.06. The van der Waals surface area contributed by atoms with Crippen LogP contribution in [0.4, 0.5) is 29.3 Å². The zero-order valence-electron chi connectivity index (χ0n) is 21.5. The van der Waals surface area contributed by atoms with E-state index in [2.05, 4.69) is 16.7 Å². The normalized spacial score (nSPS) is 20.4. The third kappa shape index (κ3) is 5.74. The zero-order chi connectivity index (χ0) is 27.7. The van der Waals surface area contributed by atoms with E-state index in [1.165, 1.54) is 12.1 Å². The largest absolute Gasteiger partial charge is 0.471 e. The monoisotopic (exact) mass is 548 g/mol. The number of morpholine rings is 2. The van der Waals surface area contributed by atoms with Gasteiger partial charge >= 0.3 is 12.1 Å². The van der Waals surface area contributed by atoms with Gasteiger partial charge in [-0.15, -0.1) is 0 Å². The topological polar surface area (TPSA) is 92.7 Å². The van der Waals surface area contributed by atoms with Crippen molar-refractivity contribution in [3.8, 4) is 11.3 Å². The number of nitrogens with one attached hydrogen (secondary N) is 1. The molecule has 1 aromatic carbocycles. The fourth-order valence-electron chi connectivity index (χ4n) is 4.70. The molecule has 2 aliphatic heterocycles. The molecule has 2 aromatic heterocycles. The highest BCUT2D eigenvalue weighted by atomic mass is 19.4. The van der Waals surface area contributed by atoms with Crippen LogP contribution in [-0.4, -0.2) is 78.6 Å². The van der Waals surface area contributed by atoms with Gasteiger partial charge in [-0.25, -0.2) is 9.37 Å². The lowest BCUT2D eigenvalue weighted by atomic mass is 10.1. The second kappa shape index (κ2) is 10.9. The lowest BCUT2D eigenvalue weighted by molar-refractivity contribution is -0.173. The molecule has 2 fully saturated rings. The smallest absolute Gasteiger partial charge is 0.377 e. The molecule has 39 heavy (non-hydrogen) atoms. The Bertz CT molecular complexity index is 1370. The van der Waals surface area contributed by atoms with Gasteiger partial charge in [-0.05, 0) is 44.2 Å². The minimum absolute atomic E-state index is 0.0564. The molecule has 0 saturated carbocycles. The molecule has 0 aliphatic carbocycles. The number of carbonyl (C=O) groups is 1. The lowest BCUT2D eigenvalue weighted by Crippen LogP contribution is -2.46. The summed E-state index contributed by atoms with van der Waals surface area (Å²) in [4.78, 5) is 29.9. The van der Waals surface area contributed by atoms with Gasteiger partial charge in [0, 0.05) is 30.8 Å². The van der Waals surface area contributed by atoms with Crippen LogP contribution in [-0.2, 0) is 20.8 Å². The number of nitrogens with zero attached hydrogens (tertiary/aromatic N) is 5. The van der Waals surface area contributed by atoms with E-state index in [-0.39, 0.29) is 17.6 Å². The Kier molecular flexibility index (Phi) is 7.54. The van der Waals surface area contributed by atoms with Crippen LogP contribution in [0.15, 0.2) is 30.3 Å². The zero-order valence-corrected chi connectivity index (χ0v) is 21.5. The molecule has 2 saturated heterocycles. The number of ether oxygens (including phenoxy) is 2. The average Bonchev–Trinajstić information content (AvgIpc) is 2.91. The highest BCUT2D eigenvalue weighted by Gasteiger charge is 2.38. The number of amides is 1. The Labute approximate surface area is 222 Å². The van der Waals surface area contributed by atoms with Crippen molar-refractivity contribution in [3.05, 3.63) is 41.7 Å². The van der Waals surface area contributed by atoms with Gasteiger partial charge in [0.1, 0.15) is 11.6 Å². The van der Waals surface area contributed by atoms with E-state index in [1.54, 1.807) is 11.4 Å². The third-order valence-electron chi connectivity index (χ3n) is 6.83. The molecule has 3 aromatic rings. The quantitative estimate of drug-likeness (QED) is 0.485.